The van der Waals surface area contributed by atoms with Crippen molar-refractivity contribution in [2.75, 3.05) is 11.9 Å². The Bertz CT molecular complexity index is 581. The molecular weight excluding hydrogens is 255 g/mol. The van der Waals surface area contributed by atoms with Gasteiger partial charge in [-0.3, -0.25) is 0 Å². The predicted molar refractivity (Wildman–Crippen MR) is 76.4 cm³/mol. The standard InChI is InChI=1S/C15H17FN4/c1-20(14-5-3-2-4-13(14)16)15-18-9-11(10-19-15)8-17-12-6-7-12/h2-5,9-10,12,17H,6-8H2,1H3. The molecule has 1 fully saturated rings. The van der Waals surface area contributed by atoms with Gasteiger partial charge in [-0.25, -0.2) is 14.4 Å². The summed E-state index contributed by atoms with van der Waals surface area (Å²) in [6, 6.07) is 7.26. The van der Waals surface area contributed by atoms with Crippen LogP contribution in [0.25, 0.3) is 0 Å². The lowest BCUT2D eigenvalue weighted by molar-refractivity contribution is 0.626. The number of aromatic nitrogens is 2. The van der Waals surface area contributed by atoms with Gasteiger partial charge in [-0.1, -0.05) is 12.1 Å². The van der Waals surface area contributed by atoms with Crippen LogP contribution in [0.1, 0.15) is 18.4 Å². The molecule has 104 valence electrons. The van der Waals surface area contributed by atoms with Crippen molar-refractivity contribution in [3.8, 4) is 0 Å². The molecule has 20 heavy (non-hydrogen) atoms. The maximum Gasteiger partial charge on any atom is 0.229 e. The fourth-order valence-electron chi connectivity index (χ4n) is 1.99. The van der Waals surface area contributed by atoms with Crippen molar-refractivity contribution in [3.05, 3.63) is 48.0 Å². The molecule has 0 saturated heterocycles. The molecule has 1 heterocycles. The molecule has 0 spiro atoms. The summed E-state index contributed by atoms with van der Waals surface area (Å²) in [6.45, 7) is 0.786. The largest absolute Gasteiger partial charge is 0.311 e. The van der Waals surface area contributed by atoms with Gasteiger partial charge < -0.3 is 10.2 Å². The summed E-state index contributed by atoms with van der Waals surface area (Å²) >= 11 is 0. The number of nitrogens with zero attached hydrogens (tertiary/aromatic N) is 3. The minimum absolute atomic E-state index is 0.280. The lowest BCUT2D eigenvalue weighted by Gasteiger charge is -2.17. The third-order valence-corrected chi connectivity index (χ3v) is 3.38. The van der Waals surface area contributed by atoms with Crippen LogP contribution in [0.15, 0.2) is 36.7 Å². The van der Waals surface area contributed by atoms with E-state index in [0.29, 0.717) is 17.7 Å². The Balaban J connectivity index is 1.71. The zero-order valence-corrected chi connectivity index (χ0v) is 11.4. The number of hydrogen-bond donors (Lipinski definition) is 1. The maximum atomic E-state index is 13.7. The number of rotatable bonds is 5. The molecular formula is C15H17FN4. The molecule has 0 unspecified atom stereocenters. The fraction of sp³-hybridized carbons (Fsp3) is 0.333. The molecule has 1 aromatic heterocycles. The van der Waals surface area contributed by atoms with Crippen LogP contribution in [-0.2, 0) is 6.54 Å². The van der Waals surface area contributed by atoms with Crippen LogP contribution in [0.2, 0.25) is 0 Å². The lowest BCUT2D eigenvalue weighted by Crippen LogP contribution is -2.17. The van der Waals surface area contributed by atoms with E-state index in [4.69, 9.17) is 0 Å². The second-order valence-corrected chi connectivity index (χ2v) is 5.06. The smallest absolute Gasteiger partial charge is 0.229 e. The van der Waals surface area contributed by atoms with Crippen LogP contribution in [0.5, 0.6) is 0 Å². The summed E-state index contributed by atoms with van der Waals surface area (Å²) in [4.78, 5) is 10.3. The molecule has 1 aliphatic rings. The van der Waals surface area contributed by atoms with Crippen LogP contribution in [-0.4, -0.2) is 23.1 Å². The summed E-state index contributed by atoms with van der Waals surface area (Å²) in [5.41, 5.74) is 1.51. The molecule has 2 aromatic rings. The first kappa shape index (κ1) is 13.0. The van der Waals surface area contributed by atoms with E-state index in [1.165, 1.54) is 18.9 Å². The number of nitrogens with one attached hydrogen (secondary N) is 1. The van der Waals surface area contributed by atoms with E-state index < -0.39 is 0 Å². The Labute approximate surface area is 117 Å². The molecule has 0 radical (unpaired) electrons. The van der Waals surface area contributed by atoms with Crippen molar-refractivity contribution >= 4 is 11.6 Å². The van der Waals surface area contributed by atoms with Crippen molar-refractivity contribution in [1.82, 2.24) is 15.3 Å². The van der Waals surface area contributed by atoms with E-state index in [1.807, 2.05) is 0 Å². The minimum atomic E-state index is -0.280. The zero-order valence-electron chi connectivity index (χ0n) is 11.4. The summed E-state index contributed by atoms with van der Waals surface area (Å²) in [5.74, 6) is 0.211. The first-order valence-corrected chi connectivity index (χ1v) is 6.76. The monoisotopic (exact) mass is 272 g/mol. The van der Waals surface area contributed by atoms with Crippen molar-refractivity contribution in [3.63, 3.8) is 0 Å². The van der Waals surface area contributed by atoms with Gasteiger partial charge in [-0.05, 0) is 25.0 Å². The highest BCUT2D eigenvalue weighted by atomic mass is 19.1. The molecule has 0 aliphatic heterocycles. The average molecular weight is 272 g/mol. The Hall–Kier alpha value is -2.01. The van der Waals surface area contributed by atoms with Gasteiger partial charge in [-0.2, -0.15) is 0 Å². The van der Waals surface area contributed by atoms with Crippen molar-refractivity contribution in [2.24, 2.45) is 0 Å². The average Bonchev–Trinajstić information content (AvgIpc) is 3.30. The number of hydrogen-bond acceptors (Lipinski definition) is 4. The van der Waals surface area contributed by atoms with E-state index in [1.54, 1.807) is 42.5 Å². The lowest BCUT2D eigenvalue weighted by atomic mass is 10.3. The Morgan fingerprint density at radius 2 is 1.95 bits per heavy atom. The minimum Gasteiger partial charge on any atom is -0.311 e. The highest BCUT2D eigenvalue weighted by Gasteiger charge is 2.20. The highest BCUT2D eigenvalue weighted by Crippen LogP contribution is 2.23. The van der Waals surface area contributed by atoms with Crippen molar-refractivity contribution in [2.45, 2.75) is 25.4 Å². The normalized spacial score (nSPS) is 14.3. The van der Waals surface area contributed by atoms with E-state index >= 15 is 0 Å². The molecule has 3 rings (SSSR count). The van der Waals surface area contributed by atoms with Crippen molar-refractivity contribution < 1.29 is 4.39 Å². The summed E-state index contributed by atoms with van der Waals surface area (Å²) < 4.78 is 13.7. The topological polar surface area (TPSA) is 41.1 Å². The van der Waals surface area contributed by atoms with Crippen LogP contribution in [0.4, 0.5) is 16.0 Å². The Morgan fingerprint density at radius 3 is 2.60 bits per heavy atom. The first-order valence-electron chi connectivity index (χ1n) is 6.76. The third kappa shape index (κ3) is 2.93. The van der Waals surface area contributed by atoms with E-state index in [-0.39, 0.29) is 5.82 Å². The summed E-state index contributed by atoms with van der Waals surface area (Å²) in [6.07, 6.45) is 6.09. The Kier molecular flexibility index (Phi) is 3.60. The molecule has 1 aromatic carbocycles. The van der Waals surface area contributed by atoms with E-state index in [0.717, 1.165) is 12.1 Å². The zero-order chi connectivity index (χ0) is 13.9. The number of halogens is 1. The van der Waals surface area contributed by atoms with Crippen LogP contribution >= 0.6 is 0 Å². The molecule has 1 saturated carbocycles. The van der Waals surface area contributed by atoms with Gasteiger partial charge in [-0.15, -0.1) is 0 Å². The molecule has 4 nitrogen and oxygen atoms in total. The second kappa shape index (κ2) is 5.54. The van der Waals surface area contributed by atoms with Gasteiger partial charge in [0.15, 0.2) is 0 Å². The predicted octanol–water partition coefficient (Wildman–Crippen LogP) is 2.64. The van der Waals surface area contributed by atoms with Gasteiger partial charge in [0.25, 0.3) is 0 Å². The molecule has 0 atom stereocenters. The molecule has 1 N–H and O–H groups in total. The van der Waals surface area contributed by atoms with Gasteiger partial charge >= 0.3 is 0 Å². The summed E-state index contributed by atoms with van der Waals surface area (Å²) in [5, 5.41) is 3.41. The van der Waals surface area contributed by atoms with Crippen LogP contribution in [0, 0.1) is 5.82 Å². The van der Waals surface area contributed by atoms with Crippen LogP contribution < -0.4 is 10.2 Å². The van der Waals surface area contributed by atoms with Gasteiger partial charge in [0.2, 0.25) is 5.95 Å². The number of benzene rings is 1. The quantitative estimate of drug-likeness (QED) is 0.908. The molecule has 0 bridgehead atoms. The highest BCUT2D eigenvalue weighted by molar-refractivity contribution is 5.56. The Morgan fingerprint density at radius 1 is 1.25 bits per heavy atom. The van der Waals surface area contributed by atoms with Gasteiger partial charge in [0.05, 0.1) is 5.69 Å². The van der Waals surface area contributed by atoms with Gasteiger partial charge in [0, 0.05) is 37.6 Å². The van der Waals surface area contributed by atoms with Crippen LogP contribution in [0.3, 0.4) is 0 Å². The van der Waals surface area contributed by atoms with E-state index in [9.17, 15) is 4.39 Å². The number of para-hydroxylation sites is 1. The number of anilines is 2. The summed E-state index contributed by atoms with van der Waals surface area (Å²) in [7, 11) is 1.76. The fourth-order valence-corrected chi connectivity index (χ4v) is 1.99. The maximum absolute atomic E-state index is 13.7. The molecule has 1 aliphatic carbocycles. The first-order chi connectivity index (χ1) is 9.74. The van der Waals surface area contributed by atoms with Crippen molar-refractivity contribution in [1.29, 1.82) is 0 Å². The molecule has 5 heteroatoms. The third-order valence-electron chi connectivity index (χ3n) is 3.38. The van der Waals surface area contributed by atoms with Gasteiger partial charge in [0.1, 0.15) is 5.82 Å². The molecule has 0 amide bonds. The SMILES string of the molecule is CN(c1ncc(CNC2CC2)cn1)c1ccccc1F. The van der Waals surface area contributed by atoms with E-state index in [2.05, 4.69) is 15.3 Å². The second-order valence-electron chi connectivity index (χ2n) is 5.06.